The fourth-order valence-corrected chi connectivity index (χ4v) is 13.1. The molecule has 0 aliphatic rings. The normalized spacial score (nSPS) is 14.6. The number of carbonyl (C=O) groups excluding carboxylic acids is 3. The van der Waals surface area contributed by atoms with E-state index in [1.165, 1.54) is 128 Å². The van der Waals surface area contributed by atoms with Crippen molar-refractivity contribution < 1.29 is 75.8 Å². The number of phosphoric acid groups is 2. The zero-order valence-electron chi connectivity index (χ0n) is 68.7. The Morgan fingerprint density at radius 3 is 0.780 bits per heavy atom. The number of phosphoric ester groups is 2. The maximum Gasteiger partial charge on any atom is 0.472 e. The average Bonchev–Trinajstić information content (AvgIpc) is 0.904. The van der Waals surface area contributed by atoms with E-state index in [4.69, 9.17) is 32.3 Å². The third-order valence-corrected chi connectivity index (χ3v) is 19.9. The van der Waals surface area contributed by atoms with Gasteiger partial charge in [0.2, 0.25) is 0 Å². The molecule has 5 atom stereocenters. The molecular formula is C91H156O16P2. The number of hydrogen-bond donors (Lipinski definition) is 4. The highest BCUT2D eigenvalue weighted by Gasteiger charge is 2.29. The minimum atomic E-state index is -4.94. The van der Waals surface area contributed by atoms with Crippen LogP contribution in [0.3, 0.4) is 0 Å². The van der Waals surface area contributed by atoms with Gasteiger partial charge in [0.25, 0.3) is 0 Å². The second kappa shape index (κ2) is 82.9. The van der Waals surface area contributed by atoms with E-state index in [1.54, 1.807) is 0 Å². The summed E-state index contributed by atoms with van der Waals surface area (Å²) in [5.41, 5.74) is 0. The summed E-state index contributed by atoms with van der Waals surface area (Å²) in [5, 5.41) is 20.7. The molecule has 0 aromatic carbocycles. The van der Waals surface area contributed by atoms with Crippen LogP contribution in [0.2, 0.25) is 0 Å². The number of hydrogen-bond acceptors (Lipinski definition) is 14. The number of unbranched alkanes of at least 4 members (excludes halogenated alkanes) is 34. The van der Waals surface area contributed by atoms with Gasteiger partial charge in [-0.2, -0.15) is 0 Å². The molecule has 0 spiro atoms. The van der Waals surface area contributed by atoms with E-state index >= 15 is 0 Å². The van der Waals surface area contributed by atoms with Crippen LogP contribution in [0.1, 0.15) is 355 Å². The van der Waals surface area contributed by atoms with Crippen molar-refractivity contribution in [3.8, 4) is 0 Å². The predicted octanol–water partition coefficient (Wildman–Crippen LogP) is 26.0. The molecule has 16 nitrogen and oxygen atoms in total. The lowest BCUT2D eigenvalue weighted by atomic mass is 10.0. The van der Waals surface area contributed by atoms with Crippen molar-refractivity contribution in [2.24, 2.45) is 0 Å². The summed E-state index contributed by atoms with van der Waals surface area (Å²) in [6.07, 6.45) is 103. The van der Waals surface area contributed by atoms with Crippen LogP contribution in [-0.2, 0) is 55.8 Å². The van der Waals surface area contributed by atoms with Crippen LogP contribution >= 0.6 is 15.6 Å². The third kappa shape index (κ3) is 84.2. The fourth-order valence-electron chi connectivity index (χ4n) is 11.5. The summed E-state index contributed by atoms with van der Waals surface area (Å²) in [6.45, 7) is 2.45. The van der Waals surface area contributed by atoms with Crippen molar-refractivity contribution in [1.29, 1.82) is 0 Å². The van der Waals surface area contributed by atoms with Crippen molar-refractivity contribution >= 4 is 33.6 Å². The first-order valence-corrected chi connectivity index (χ1v) is 46.1. The van der Waals surface area contributed by atoms with E-state index in [0.29, 0.717) is 19.3 Å². The minimum Gasteiger partial charge on any atom is -0.463 e. The Balaban J connectivity index is 4.48. The number of esters is 3. The maximum atomic E-state index is 13.0. The Hall–Kier alpha value is -4.57. The van der Waals surface area contributed by atoms with Gasteiger partial charge in [0.15, 0.2) is 6.10 Å². The molecule has 0 aliphatic heterocycles. The zero-order chi connectivity index (χ0) is 79.4. The van der Waals surface area contributed by atoms with Crippen molar-refractivity contribution in [2.45, 2.75) is 373 Å². The lowest BCUT2D eigenvalue weighted by Gasteiger charge is -2.21. The van der Waals surface area contributed by atoms with Gasteiger partial charge in [-0.15, -0.1) is 0 Å². The number of rotatable bonds is 81. The SMILES string of the molecule is CC/C=C\C/C=C\C/C=C\C/C=C\C/C=C\C/C=C\CCCCCCCCC(=O)OCC(COP(=O)(O)OCC(O)COP(=O)(O)OCC(O)COC(=O)CCCCCCCCCCCCCCCCCCC/C=C\C/C=C\C/C=C\C/C=C\C/C=C\CC)OC(=O)CCCCCCC/C=C\CCCCCCCC. The molecule has 626 valence electrons. The van der Waals surface area contributed by atoms with Crippen molar-refractivity contribution in [2.75, 3.05) is 39.6 Å². The van der Waals surface area contributed by atoms with Gasteiger partial charge in [-0.05, 0) is 141 Å². The van der Waals surface area contributed by atoms with Gasteiger partial charge in [-0.25, -0.2) is 9.13 Å². The first-order valence-electron chi connectivity index (χ1n) is 43.1. The molecule has 4 N–H and O–H groups in total. The molecule has 0 fully saturated rings. The molecule has 0 saturated heterocycles. The van der Waals surface area contributed by atoms with Crippen LogP contribution in [0.25, 0.3) is 0 Å². The Morgan fingerprint density at radius 1 is 0.266 bits per heavy atom. The molecule has 0 rings (SSSR count). The number of aliphatic hydroxyl groups excluding tert-OH is 2. The molecule has 0 heterocycles. The first-order chi connectivity index (χ1) is 53.2. The second-order valence-electron chi connectivity index (χ2n) is 28.6. The molecule has 0 saturated carbocycles. The summed E-state index contributed by atoms with van der Waals surface area (Å²) in [5.74, 6) is -1.59. The number of aliphatic hydroxyl groups is 2. The fraction of sp³-hybridized carbons (Fsp3) is 0.703. The molecule has 18 heteroatoms. The molecule has 0 radical (unpaired) electrons. The maximum absolute atomic E-state index is 13.0. The first kappa shape index (κ1) is 104. The number of carbonyl (C=O) groups is 3. The van der Waals surface area contributed by atoms with Gasteiger partial charge >= 0.3 is 33.6 Å². The molecule has 0 amide bonds. The smallest absolute Gasteiger partial charge is 0.463 e. The highest BCUT2D eigenvalue weighted by Crippen LogP contribution is 2.45. The molecule has 5 unspecified atom stereocenters. The average molecular weight is 1570 g/mol. The molecule has 0 aliphatic carbocycles. The minimum absolute atomic E-state index is 0.0889. The summed E-state index contributed by atoms with van der Waals surface area (Å²) >= 11 is 0. The summed E-state index contributed by atoms with van der Waals surface area (Å²) in [6, 6.07) is 0. The molecule has 0 aromatic heterocycles. The van der Waals surface area contributed by atoms with Crippen LogP contribution in [-0.4, -0.2) is 95.9 Å². The standard InChI is InChI=1S/C91H156O16P2/c1-4-7-10-13-16-19-22-25-28-30-32-34-36-38-39-40-41-42-43-44-45-47-49-50-52-54-57-59-62-65-68-71-74-77-89(94)101-80-86(92)81-103-108(97,98)104-82-87(93)83-105-109(99,100)106-85-88(107-91(96)79-76-73-70-67-64-61-56-27-24-21-18-15-12-9-6-3)84-102-90(95)78-75-72-69-66-63-60-58-55-53-51-48-46-37-35-33-31-29-26-23-20-17-14-11-8-5-2/h7-8,10-11,16-17,19-20,25-29,32-35,38-39,46,48,53,55-56,86-88,92-93H,4-6,9,12-15,18,21-24,30-31,36-37,40-45,47,49-52,54,57-85H2,1-3H3,(H,97,98)(H,99,100)/b10-7-,11-8-,19-16-,20-17-,28-25-,29-26-,34-32-,35-33-,39-38-,48-46-,55-53-,56-27-. The Bertz CT molecular complexity index is 2560. The van der Waals surface area contributed by atoms with Crippen LogP contribution in [0.15, 0.2) is 146 Å². The van der Waals surface area contributed by atoms with Crippen molar-refractivity contribution in [3.05, 3.63) is 146 Å². The van der Waals surface area contributed by atoms with Gasteiger partial charge in [0.05, 0.1) is 26.4 Å². The van der Waals surface area contributed by atoms with E-state index in [1.807, 2.05) is 0 Å². The Labute approximate surface area is 664 Å². The van der Waals surface area contributed by atoms with Crippen LogP contribution in [0.4, 0.5) is 0 Å². The number of allylic oxidation sites excluding steroid dienone is 24. The van der Waals surface area contributed by atoms with E-state index in [9.17, 15) is 43.5 Å². The molecule has 109 heavy (non-hydrogen) atoms. The quantitative estimate of drug-likeness (QED) is 0.0146. The van der Waals surface area contributed by atoms with E-state index in [2.05, 4.69) is 167 Å². The highest BCUT2D eigenvalue weighted by molar-refractivity contribution is 7.47. The van der Waals surface area contributed by atoms with E-state index in [0.717, 1.165) is 167 Å². The Morgan fingerprint density at radius 2 is 0.486 bits per heavy atom. The predicted molar refractivity (Wildman–Crippen MR) is 454 cm³/mol. The zero-order valence-corrected chi connectivity index (χ0v) is 70.5. The van der Waals surface area contributed by atoms with Crippen LogP contribution in [0.5, 0.6) is 0 Å². The van der Waals surface area contributed by atoms with E-state index in [-0.39, 0.29) is 19.3 Å². The summed E-state index contributed by atoms with van der Waals surface area (Å²) < 4.78 is 61.3. The van der Waals surface area contributed by atoms with Crippen LogP contribution < -0.4 is 0 Å². The lowest BCUT2D eigenvalue weighted by molar-refractivity contribution is -0.161. The van der Waals surface area contributed by atoms with Gasteiger partial charge in [0, 0.05) is 19.3 Å². The second-order valence-corrected chi connectivity index (χ2v) is 31.5. The van der Waals surface area contributed by atoms with Gasteiger partial charge in [-0.3, -0.25) is 32.5 Å². The van der Waals surface area contributed by atoms with Crippen molar-refractivity contribution in [1.82, 2.24) is 0 Å². The third-order valence-electron chi connectivity index (χ3n) is 18.0. The summed E-state index contributed by atoms with van der Waals surface area (Å²) in [4.78, 5) is 58.8. The van der Waals surface area contributed by atoms with Crippen molar-refractivity contribution in [3.63, 3.8) is 0 Å². The topological polar surface area (TPSA) is 231 Å². The van der Waals surface area contributed by atoms with Crippen LogP contribution in [0, 0.1) is 0 Å². The summed E-state index contributed by atoms with van der Waals surface area (Å²) in [7, 11) is -9.80. The molecule has 0 aromatic rings. The van der Waals surface area contributed by atoms with Gasteiger partial charge in [-0.1, -0.05) is 340 Å². The Kier molecular flexibility index (Phi) is 79.4. The molecule has 0 bridgehead atoms. The highest BCUT2D eigenvalue weighted by atomic mass is 31.2. The van der Waals surface area contributed by atoms with Gasteiger partial charge in [0.1, 0.15) is 25.4 Å². The monoisotopic (exact) mass is 1570 g/mol. The largest absolute Gasteiger partial charge is 0.472 e. The number of ether oxygens (including phenoxy) is 3. The lowest BCUT2D eigenvalue weighted by Crippen LogP contribution is -2.30. The molecular weight excluding hydrogens is 1410 g/mol. The van der Waals surface area contributed by atoms with E-state index < -0.39 is 91.5 Å². The van der Waals surface area contributed by atoms with Gasteiger partial charge < -0.3 is 34.2 Å².